The lowest BCUT2D eigenvalue weighted by atomic mass is 10.0. The van der Waals surface area contributed by atoms with Gasteiger partial charge in [-0.1, -0.05) is 12.1 Å². The number of benzene rings is 2. The minimum atomic E-state index is -0.157. The molecular formula is C17H17FN4O. The van der Waals surface area contributed by atoms with E-state index in [0.717, 1.165) is 24.0 Å². The topological polar surface area (TPSA) is 83.8 Å². The smallest absolute Gasteiger partial charge is 0.155 e. The zero-order chi connectivity index (χ0) is 16.4. The van der Waals surface area contributed by atoms with Gasteiger partial charge in [-0.25, -0.2) is 4.39 Å². The van der Waals surface area contributed by atoms with Crippen LogP contribution in [0.1, 0.15) is 36.0 Å². The fourth-order valence-corrected chi connectivity index (χ4v) is 2.94. The molecule has 0 bridgehead atoms. The molecule has 5 nitrogen and oxygen atoms in total. The molecule has 1 aliphatic carbocycles. The summed E-state index contributed by atoms with van der Waals surface area (Å²) in [6.45, 7) is 2.03. The van der Waals surface area contributed by atoms with Crippen LogP contribution in [0.2, 0.25) is 0 Å². The molecule has 118 valence electrons. The normalized spacial score (nSPS) is 17.0. The molecule has 0 saturated heterocycles. The van der Waals surface area contributed by atoms with Gasteiger partial charge in [0, 0.05) is 11.1 Å². The Morgan fingerprint density at radius 3 is 2.70 bits per heavy atom. The number of nitrogens with two attached hydrogens (primary N) is 1. The lowest BCUT2D eigenvalue weighted by molar-refractivity contribution is 0.474. The van der Waals surface area contributed by atoms with Gasteiger partial charge in [0.2, 0.25) is 0 Å². The third kappa shape index (κ3) is 2.92. The number of hydrogen-bond acceptors (Lipinski definition) is 3. The Labute approximate surface area is 133 Å². The van der Waals surface area contributed by atoms with Gasteiger partial charge >= 0.3 is 0 Å². The predicted octanol–water partition coefficient (Wildman–Crippen LogP) is 4.32. The molecule has 3 rings (SSSR count). The number of rotatable bonds is 4. The second-order valence-electron chi connectivity index (χ2n) is 5.59. The van der Waals surface area contributed by atoms with Gasteiger partial charge in [-0.05, 0) is 60.7 Å². The molecule has 0 heterocycles. The lowest BCUT2D eigenvalue weighted by Gasteiger charge is -2.12. The molecule has 2 aromatic rings. The van der Waals surface area contributed by atoms with E-state index < -0.39 is 0 Å². The van der Waals surface area contributed by atoms with Crippen molar-refractivity contribution < 1.29 is 9.13 Å². The monoisotopic (exact) mass is 312 g/mol. The highest BCUT2D eigenvalue weighted by molar-refractivity contribution is 5.97. The van der Waals surface area contributed by atoms with Gasteiger partial charge in [0.1, 0.15) is 17.3 Å². The third-order valence-corrected chi connectivity index (χ3v) is 4.12. The minimum Gasteiger partial charge on any atom is -0.457 e. The summed E-state index contributed by atoms with van der Waals surface area (Å²) in [6, 6.07) is 10.1. The van der Waals surface area contributed by atoms with E-state index in [1.54, 1.807) is 30.3 Å². The van der Waals surface area contributed by atoms with Crippen LogP contribution in [0.3, 0.4) is 0 Å². The quantitative estimate of drug-likeness (QED) is 0.381. The Balaban J connectivity index is 1.86. The summed E-state index contributed by atoms with van der Waals surface area (Å²) in [5.74, 6) is 1.57. The van der Waals surface area contributed by atoms with Gasteiger partial charge in [-0.3, -0.25) is 0 Å². The fraction of sp³-hybridized carbons (Fsp3) is 0.235. The third-order valence-electron chi connectivity index (χ3n) is 4.12. The summed E-state index contributed by atoms with van der Waals surface area (Å²) in [5.41, 5.74) is 14.7. The Morgan fingerprint density at radius 1 is 1.26 bits per heavy atom. The molecule has 0 spiro atoms. The van der Waals surface area contributed by atoms with E-state index in [0.29, 0.717) is 17.1 Å². The number of halogens is 1. The van der Waals surface area contributed by atoms with E-state index in [9.17, 15) is 4.39 Å². The maximum Gasteiger partial charge on any atom is 0.155 e. The van der Waals surface area contributed by atoms with Crippen molar-refractivity contribution in [3.63, 3.8) is 0 Å². The summed E-state index contributed by atoms with van der Waals surface area (Å²) in [5, 5.41) is 6.38. The molecule has 0 fully saturated rings. The first-order valence-corrected chi connectivity index (χ1v) is 7.39. The van der Waals surface area contributed by atoms with Crippen molar-refractivity contribution in [2.45, 2.75) is 25.7 Å². The standard InChI is InChI=1S/C17H17FN4O/c1-10-2-7-13-15(9-8-14(18)16(10)13)23-12-5-3-11(4-6-12)17(19)21-22-20/h3-6,8-10H,2,7H2,1H3,(H3,19,20,21)/t10-/m1/s1. The first-order chi connectivity index (χ1) is 11.1. The van der Waals surface area contributed by atoms with Crippen LogP contribution in [-0.4, -0.2) is 5.84 Å². The highest BCUT2D eigenvalue weighted by Gasteiger charge is 2.25. The largest absolute Gasteiger partial charge is 0.457 e. The van der Waals surface area contributed by atoms with Crippen molar-refractivity contribution in [2.24, 2.45) is 16.1 Å². The van der Waals surface area contributed by atoms with Crippen LogP contribution in [0, 0.1) is 11.3 Å². The number of nitrogens with zero attached hydrogens (tertiary/aromatic N) is 2. The molecule has 1 atom stereocenters. The predicted molar refractivity (Wildman–Crippen MR) is 85.5 cm³/mol. The zero-order valence-corrected chi connectivity index (χ0v) is 12.7. The summed E-state index contributed by atoms with van der Waals surface area (Å²) in [4.78, 5) is 0. The first-order valence-electron chi connectivity index (χ1n) is 7.39. The van der Waals surface area contributed by atoms with Crippen molar-refractivity contribution in [3.05, 3.63) is 58.9 Å². The average Bonchev–Trinajstić information content (AvgIpc) is 2.94. The van der Waals surface area contributed by atoms with Crippen LogP contribution in [0.15, 0.2) is 46.7 Å². The molecular weight excluding hydrogens is 295 g/mol. The molecule has 0 amide bonds. The molecule has 1 aliphatic rings. The SMILES string of the molecule is C[C@@H]1CCc2c(Oc3ccc(C(N)=NN=N)cc3)ccc(F)c21. The van der Waals surface area contributed by atoms with E-state index in [-0.39, 0.29) is 17.6 Å². The molecule has 0 radical (unpaired) electrons. The van der Waals surface area contributed by atoms with Gasteiger partial charge in [0.25, 0.3) is 0 Å². The summed E-state index contributed by atoms with van der Waals surface area (Å²) >= 11 is 0. The Hall–Kier alpha value is -2.76. The molecule has 3 N–H and O–H groups in total. The van der Waals surface area contributed by atoms with Crippen molar-refractivity contribution >= 4 is 5.84 Å². The van der Waals surface area contributed by atoms with Crippen LogP contribution < -0.4 is 10.5 Å². The molecule has 0 unspecified atom stereocenters. The van der Waals surface area contributed by atoms with Crippen LogP contribution in [0.25, 0.3) is 0 Å². The highest BCUT2D eigenvalue weighted by atomic mass is 19.1. The van der Waals surface area contributed by atoms with E-state index >= 15 is 0 Å². The lowest BCUT2D eigenvalue weighted by Crippen LogP contribution is -2.12. The summed E-state index contributed by atoms with van der Waals surface area (Å²) in [6.07, 6.45) is 1.77. The number of ether oxygens (including phenoxy) is 1. The maximum atomic E-state index is 14.0. The minimum absolute atomic E-state index is 0.157. The highest BCUT2D eigenvalue weighted by Crippen LogP contribution is 2.41. The van der Waals surface area contributed by atoms with Crippen molar-refractivity contribution in [2.75, 3.05) is 0 Å². The Bertz CT molecular complexity index is 771. The zero-order valence-electron chi connectivity index (χ0n) is 12.7. The van der Waals surface area contributed by atoms with Crippen LogP contribution in [0.5, 0.6) is 11.5 Å². The summed E-state index contributed by atoms with van der Waals surface area (Å²) < 4.78 is 19.9. The molecule has 2 aromatic carbocycles. The van der Waals surface area contributed by atoms with Gasteiger partial charge in [-0.15, -0.1) is 5.10 Å². The van der Waals surface area contributed by atoms with Gasteiger partial charge in [0.15, 0.2) is 5.84 Å². The number of hydrogen-bond donors (Lipinski definition) is 2. The van der Waals surface area contributed by atoms with Gasteiger partial charge < -0.3 is 10.5 Å². The van der Waals surface area contributed by atoms with Crippen LogP contribution in [-0.2, 0) is 6.42 Å². The van der Waals surface area contributed by atoms with Gasteiger partial charge in [0.05, 0.1) is 0 Å². The second kappa shape index (κ2) is 6.16. The summed E-state index contributed by atoms with van der Waals surface area (Å²) in [7, 11) is 0. The number of amidine groups is 1. The molecule has 0 aromatic heterocycles. The van der Waals surface area contributed by atoms with E-state index in [4.69, 9.17) is 16.0 Å². The number of fused-ring (bicyclic) bond motifs is 1. The van der Waals surface area contributed by atoms with E-state index in [1.165, 1.54) is 6.07 Å². The first kappa shape index (κ1) is 15.1. The molecule has 23 heavy (non-hydrogen) atoms. The Kier molecular flexibility index (Phi) is 4.06. The van der Waals surface area contributed by atoms with Crippen LogP contribution in [0.4, 0.5) is 4.39 Å². The van der Waals surface area contributed by atoms with Crippen molar-refractivity contribution in [1.29, 1.82) is 5.53 Å². The molecule has 6 heteroatoms. The van der Waals surface area contributed by atoms with E-state index in [2.05, 4.69) is 10.3 Å². The average molecular weight is 312 g/mol. The maximum absolute atomic E-state index is 14.0. The number of nitrogens with one attached hydrogen (secondary N) is 1. The Morgan fingerprint density at radius 2 is 2.00 bits per heavy atom. The second-order valence-corrected chi connectivity index (χ2v) is 5.59. The van der Waals surface area contributed by atoms with E-state index in [1.807, 2.05) is 6.92 Å². The van der Waals surface area contributed by atoms with Crippen molar-refractivity contribution in [3.8, 4) is 11.5 Å². The van der Waals surface area contributed by atoms with Gasteiger partial charge in [-0.2, -0.15) is 5.53 Å². The fourth-order valence-electron chi connectivity index (χ4n) is 2.94. The van der Waals surface area contributed by atoms with Crippen molar-refractivity contribution in [1.82, 2.24) is 0 Å². The van der Waals surface area contributed by atoms with Crippen LogP contribution >= 0.6 is 0 Å². The molecule has 0 aliphatic heterocycles. The molecule has 0 saturated carbocycles.